The molecule has 0 amide bonds. The van der Waals surface area contributed by atoms with E-state index in [1.807, 2.05) is 37.3 Å². The molecular formula is C13H19NO3. The number of ketones is 1. The van der Waals surface area contributed by atoms with Crippen molar-refractivity contribution in [2.24, 2.45) is 0 Å². The third kappa shape index (κ3) is 5.08. The van der Waals surface area contributed by atoms with Crippen molar-refractivity contribution in [2.75, 3.05) is 26.4 Å². The summed E-state index contributed by atoms with van der Waals surface area (Å²) in [5, 5.41) is 11.6. The van der Waals surface area contributed by atoms with Crippen LogP contribution in [0.25, 0.3) is 0 Å². The molecule has 0 aromatic heterocycles. The second-order valence-corrected chi connectivity index (χ2v) is 3.74. The number of aliphatic hydroxyl groups excluding tert-OH is 1. The van der Waals surface area contributed by atoms with Crippen molar-refractivity contribution >= 4 is 5.78 Å². The lowest BCUT2D eigenvalue weighted by Gasteiger charge is -2.12. The average Bonchev–Trinajstić information content (AvgIpc) is 2.38. The molecule has 0 aliphatic heterocycles. The summed E-state index contributed by atoms with van der Waals surface area (Å²) >= 11 is 0. The number of hydrogen-bond acceptors (Lipinski definition) is 4. The molecule has 0 saturated carbocycles. The standard InChI is InChI=1S/C13H19NO3/c1-11(14-7-9-17-10-8-15)13(16)12-5-3-2-4-6-12/h2-6,11,14-15H,7-10H2,1H3. The van der Waals surface area contributed by atoms with Crippen LogP contribution in [0.4, 0.5) is 0 Å². The molecule has 0 heterocycles. The van der Waals surface area contributed by atoms with E-state index in [2.05, 4.69) is 5.32 Å². The minimum atomic E-state index is -0.227. The van der Waals surface area contributed by atoms with Gasteiger partial charge in [-0.05, 0) is 6.92 Å². The zero-order valence-corrected chi connectivity index (χ0v) is 10.1. The van der Waals surface area contributed by atoms with Crippen molar-refractivity contribution in [3.05, 3.63) is 35.9 Å². The van der Waals surface area contributed by atoms with Gasteiger partial charge in [-0.2, -0.15) is 0 Å². The summed E-state index contributed by atoms with van der Waals surface area (Å²) in [6, 6.07) is 8.98. The fraction of sp³-hybridized carbons (Fsp3) is 0.462. The number of nitrogens with one attached hydrogen (secondary N) is 1. The van der Waals surface area contributed by atoms with E-state index in [-0.39, 0.29) is 18.4 Å². The highest BCUT2D eigenvalue weighted by atomic mass is 16.5. The molecule has 1 aromatic carbocycles. The van der Waals surface area contributed by atoms with Crippen LogP contribution in [0, 0.1) is 0 Å². The first kappa shape index (κ1) is 13.8. The van der Waals surface area contributed by atoms with E-state index in [0.717, 1.165) is 0 Å². The van der Waals surface area contributed by atoms with Crippen molar-refractivity contribution in [3.63, 3.8) is 0 Å². The van der Waals surface area contributed by atoms with E-state index in [1.54, 1.807) is 0 Å². The Hall–Kier alpha value is -1.23. The Bertz CT molecular complexity index is 327. The van der Waals surface area contributed by atoms with Gasteiger partial charge in [-0.3, -0.25) is 4.79 Å². The van der Waals surface area contributed by atoms with Gasteiger partial charge in [0, 0.05) is 12.1 Å². The van der Waals surface area contributed by atoms with E-state index in [0.29, 0.717) is 25.3 Å². The van der Waals surface area contributed by atoms with Crippen LogP contribution in [0.3, 0.4) is 0 Å². The molecular weight excluding hydrogens is 218 g/mol. The number of ether oxygens (including phenoxy) is 1. The second-order valence-electron chi connectivity index (χ2n) is 3.74. The predicted octanol–water partition coefficient (Wildman–Crippen LogP) is 0.856. The number of aliphatic hydroxyl groups is 1. The fourth-order valence-corrected chi connectivity index (χ4v) is 1.46. The summed E-state index contributed by atoms with van der Waals surface area (Å²) < 4.78 is 5.09. The van der Waals surface area contributed by atoms with Crippen LogP contribution in [-0.4, -0.2) is 43.3 Å². The molecule has 4 heteroatoms. The molecule has 0 fully saturated rings. The molecule has 0 bridgehead atoms. The Labute approximate surface area is 102 Å². The number of rotatable bonds is 8. The normalized spacial score (nSPS) is 12.4. The maximum atomic E-state index is 11.9. The summed E-state index contributed by atoms with van der Waals surface area (Å²) in [5.74, 6) is 0.0766. The minimum Gasteiger partial charge on any atom is -0.394 e. The predicted molar refractivity (Wildman–Crippen MR) is 66.1 cm³/mol. The van der Waals surface area contributed by atoms with Crippen molar-refractivity contribution in [1.82, 2.24) is 5.32 Å². The maximum absolute atomic E-state index is 11.9. The third-order valence-electron chi connectivity index (χ3n) is 2.38. The van der Waals surface area contributed by atoms with E-state index >= 15 is 0 Å². The number of carbonyl (C=O) groups excluding carboxylic acids is 1. The largest absolute Gasteiger partial charge is 0.394 e. The lowest BCUT2D eigenvalue weighted by Crippen LogP contribution is -2.36. The molecule has 2 N–H and O–H groups in total. The molecule has 1 rings (SSSR count). The number of benzene rings is 1. The second kappa shape index (κ2) is 7.95. The molecule has 0 aliphatic rings. The van der Waals surface area contributed by atoms with Gasteiger partial charge in [-0.15, -0.1) is 0 Å². The van der Waals surface area contributed by atoms with Crippen molar-refractivity contribution < 1.29 is 14.6 Å². The van der Waals surface area contributed by atoms with Gasteiger partial charge in [0.2, 0.25) is 0 Å². The first-order valence-electron chi connectivity index (χ1n) is 5.77. The molecule has 0 aliphatic carbocycles. The van der Waals surface area contributed by atoms with Crippen LogP contribution >= 0.6 is 0 Å². The lowest BCUT2D eigenvalue weighted by molar-refractivity contribution is 0.0870. The van der Waals surface area contributed by atoms with Gasteiger partial charge in [-0.25, -0.2) is 0 Å². The molecule has 1 unspecified atom stereocenters. The fourth-order valence-electron chi connectivity index (χ4n) is 1.46. The Morgan fingerprint density at radius 1 is 1.35 bits per heavy atom. The van der Waals surface area contributed by atoms with Gasteiger partial charge >= 0.3 is 0 Å². The van der Waals surface area contributed by atoms with Crippen LogP contribution in [0.2, 0.25) is 0 Å². The summed E-state index contributed by atoms with van der Waals surface area (Å²) in [6.45, 7) is 3.29. The summed E-state index contributed by atoms with van der Waals surface area (Å²) in [7, 11) is 0. The van der Waals surface area contributed by atoms with E-state index < -0.39 is 0 Å². The van der Waals surface area contributed by atoms with E-state index in [1.165, 1.54) is 0 Å². The molecule has 0 radical (unpaired) electrons. The third-order valence-corrected chi connectivity index (χ3v) is 2.38. The van der Waals surface area contributed by atoms with Crippen molar-refractivity contribution in [3.8, 4) is 0 Å². The molecule has 0 spiro atoms. The quantitative estimate of drug-likeness (QED) is 0.520. The van der Waals surface area contributed by atoms with Crippen molar-refractivity contribution in [1.29, 1.82) is 0 Å². The Morgan fingerprint density at radius 3 is 2.71 bits per heavy atom. The summed E-state index contributed by atoms with van der Waals surface area (Å²) in [4.78, 5) is 11.9. The SMILES string of the molecule is CC(NCCOCCO)C(=O)c1ccccc1. The highest BCUT2D eigenvalue weighted by Crippen LogP contribution is 2.02. The van der Waals surface area contributed by atoms with Crippen LogP contribution in [0.15, 0.2) is 30.3 Å². The summed E-state index contributed by atoms with van der Waals surface area (Å²) in [6.07, 6.45) is 0. The highest BCUT2D eigenvalue weighted by molar-refractivity contribution is 5.99. The molecule has 94 valence electrons. The van der Waals surface area contributed by atoms with Crippen molar-refractivity contribution in [2.45, 2.75) is 13.0 Å². The molecule has 1 atom stereocenters. The van der Waals surface area contributed by atoms with E-state index in [4.69, 9.17) is 9.84 Å². The Kier molecular flexibility index (Phi) is 6.47. The van der Waals surface area contributed by atoms with Gasteiger partial charge < -0.3 is 15.2 Å². The highest BCUT2D eigenvalue weighted by Gasteiger charge is 2.13. The van der Waals surface area contributed by atoms with E-state index in [9.17, 15) is 4.79 Å². The average molecular weight is 237 g/mol. The first-order valence-corrected chi connectivity index (χ1v) is 5.77. The van der Waals surface area contributed by atoms with Gasteiger partial charge in [-0.1, -0.05) is 30.3 Å². The molecule has 0 saturated heterocycles. The van der Waals surface area contributed by atoms with Gasteiger partial charge in [0.15, 0.2) is 5.78 Å². The molecule has 17 heavy (non-hydrogen) atoms. The van der Waals surface area contributed by atoms with Gasteiger partial charge in [0.05, 0.1) is 25.9 Å². The smallest absolute Gasteiger partial charge is 0.179 e. The monoisotopic (exact) mass is 237 g/mol. The number of hydrogen-bond donors (Lipinski definition) is 2. The Morgan fingerprint density at radius 2 is 2.06 bits per heavy atom. The van der Waals surface area contributed by atoms with Crippen LogP contribution in [0.5, 0.6) is 0 Å². The zero-order valence-electron chi connectivity index (χ0n) is 10.1. The zero-order chi connectivity index (χ0) is 12.5. The maximum Gasteiger partial charge on any atom is 0.179 e. The van der Waals surface area contributed by atoms with Crippen LogP contribution < -0.4 is 5.32 Å². The summed E-state index contributed by atoms with van der Waals surface area (Å²) in [5.41, 5.74) is 0.712. The number of carbonyl (C=O) groups is 1. The molecule has 1 aromatic rings. The van der Waals surface area contributed by atoms with Crippen LogP contribution in [0.1, 0.15) is 17.3 Å². The molecule has 4 nitrogen and oxygen atoms in total. The topological polar surface area (TPSA) is 58.6 Å². The van der Waals surface area contributed by atoms with Gasteiger partial charge in [0.1, 0.15) is 0 Å². The van der Waals surface area contributed by atoms with Gasteiger partial charge in [0.25, 0.3) is 0 Å². The van der Waals surface area contributed by atoms with Crippen LogP contribution in [-0.2, 0) is 4.74 Å². The number of Topliss-reactive ketones (excluding diaryl/α,β-unsaturated/α-hetero) is 1. The lowest BCUT2D eigenvalue weighted by atomic mass is 10.1. The minimum absolute atomic E-state index is 0.0263. The first-order chi connectivity index (χ1) is 8.25. The Balaban J connectivity index is 2.28.